The first-order valence-corrected chi connectivity index (χ1v) is 9.28. The molecule has 1 atom stereocenters. The fourth-order valence-electron chi connectivity index (χ4n) is 3.38. The van der Waals surface area contributed by atoms with Crippen molar-refractivity contribution >= 4 is 34.1 Å². The minimum absolute atomic E-state index is 0.402. The molecule has 8 nitrogen and oxygen atoms in total. The SMILES string of the molecule is Cn1cc(Nc2nccc(-c3ccc(NC(=O)C4CC4(F)F)c4cc[nH]c34)n2)cn1. The Kier molecular flexibility index (Phi) is 4.02. The van der Waals surface area contributed by atoms with E-state index < -0.39 is 24.2 Å². The Labute approximate surface area is 169 Å². The summed E-state index contributed by atoms with van der Waals surface area (Å²) in [7, 11) is 1.81. The summed E-state index contributed by atoms with van der Waals surface area (Å²) in [6.07, 6.45) is 6.44. The fourth-order valence-corrected chi connectivity index (χ4v) is 3.38. The molecule has 4 aromatic rings. The molecule has 0 bridgehead atoms. The summed E-state index contributed by atoms with van der Waals surface area (Å²) in [6.45, 7) is 0. The van der Waals surface area contributed by atoms with Gasteiger partial charge in [0, 0.05) is 43.0 Å². The van der Waals surface area contributed by atoms with Crippen LogP contribution in [0.1, 0.15) is 6.42 Å². The van der Waals surface area contributed by atoms with Crippen LogP contribution in [-0.2, 0) is 11.8 Å². The van der Waals surface area contributed by atoms with E-state index in [2.05, 4.69) is 30.7 Å². The summed E-state index contributed by atoms with van der Waals surface area (Å²) in [5, 5.41) is 10.5. The highest BCUT2D eigenvalue weighted by Gasteiger charge is 2.61. The number of aromatic amines is 1. The molecule has 30 heavy (non-hydrogen) atoms. The third-order valence-electron chi connectivity index (χ3n) is 5.02. The van der Waals surface area contributed by atoms with Gasteiger partial charge in [-0.25, -0.2) is 18.7 Å². The van der Waals surface area contributed by atoms with Crippen molar-refractivity contribution in [1.82, 2.24) is 24.7 Å². The Bertz CT molecular complexity index is 1260. The Morgan fingerprint density at radius 2 is 2.13 bits per heavy atom. The molecule has 1 aliphatic carbocycles. The van der Waals surface area contributed by atoms with Gasteiger partial charge >= 0.3 is 0 Å². The molecule has 0 aliphatic heterocycles. The summed E-state index contributed by atoms with van der Waals surface area (Å²) in [5.41, 5.74) is 3.43. The molecule has 1 unspecified atom stereocenters. The molecule has 1 amide bonds. The van der Waals surface area contributed by atoms with E-state index in [1.165, 1.54) is 0 Å². The van der Waals surface area contributed by atoms with Crippen LogP contribution in [0.15, 0.2) is 49.1 Å². The number of aromatic nitrogens is 5. The van der Waals surface area contributed by atoms with Gasteiger partial charge in [0.15, 0.2) is 0 Å². The number of amides is 1. The molecule has 0 saturated heterocycles. The number of alkyl halides is 2. The molecule has 1 fully saturated rings. The second-order valence-corrected chi connectivity index (χ2v) is 7.23. The standard InChI is InChI=1S/C20H17F2N7O/c1-29-10-11(9-25-29)26-19-24-7-5-16(28-19)12-2-3-15(13-4-6-23-17(12)13)27-18(30)14-8-20(14,21)22/h2-7,9-10,14,23H,8H2,1H3,(H,27,30)(H,24,26,28). The van der Waals surface area contributed by atoms with Crippen molar-refractivity contribution in [2.45, 2.75) is 12.3 Å². The number of aryl methyl sites for hydroxylation is 1. The van der Waals surface area contributed by atoms with Crippen molar-refractivity contribution in [3.05, 3.63) is 49.1 Å². The lowest BCUT2D eigenvalue weighted by Gasteiger charge is -2.10. The predicted molar refractivity (Wildman–Crippen MR) is 107 cm³/mol. The van der Waals surface area contributed by atoms with Crippen LogP contribution in [0.3, 0.4) is 0 Å². The van der Waals surface area contributed by atoms with E-state index in [0.717, 1.165) is 16.8 Å². The van der Waals surface area contributed by atoms with Crippen LogP contribution in [-0.4, -0.2) is 36.6 Å². The fraction of sp³-hybridized carbons (Fsp3) is 0.200. The molecule has 1 aliphatic rings. The number of anilines is 3. The number of hydrogen-bond acceptors (Lipinski definition) is 5. The molecule has 1 saturated carbocycles. The van der Waals surface area contributed by atoms with Crippen LogP contribution in [0, 0.1) is 5.92 Å². The van der Waals surface area contributed by atoms with E-state index in [9.17, 15) is 13.6 Å². The number of fused-ring (bicyclic) bond motifs is 1. The molecular weight excluding hydrogens is 392 g/mol. The number of nitrogens with zero attached hydrogens (tertiary/aromatic N) is 4. The lowest BCUT2D eigenvalue weighted by Crippen LogP contribution is -2.17. The molecular formula is C20H17F2N7O. The molecule has 10 heteroatoms. The summed E-state index contributed by atoms with van der Waals surface area (Å²) in [5.74, 6) is -4.41. The monoisotopic (exact) mass is 409 g/mol. The van der Waals surface area contributed by atoms with E-state index in [4.69, 9.17) is 0 Å². The minimum atomic E-state index is -2.90. The van der Waals surface area contributed by atoms with Crippen molar-refractivity contribution in [1.29, 1.82) is 0 Å². The third kappa shape index (κ3) is 3.25. The van der Waals surface area contributed by atoms with Crippen LogP contribution in [0.2, 0.25) is 0 Å². The van der Waals surface area contributed by atoms with Crippen LogP contribution in [0.4, 0.5) is 26.1 Å². The van der Waals surface area contributed by atoms with Crippen molar-refractivity contribution in [2.24, 2.45) is 13.0 Å². The van der Waals surface area contributed by atoms with Gasteiger partial charge in [0.1, 0.15) is 5.92 Å². The molecule has 3 N–H and O–H groups in total. The maximum absolute atomic E-state index is 13.2. The summed E-state index contributed by atoms with van der Waals surface area (Å²) >= 11 is 0. The second kappa shape index (κ2) is 6.61. The number of hydrogen-bond donors (Lipinski definition) is 3. The van der Waals surface area contributed by atoms with Gasteiger partial charge < -0.3 is 15.6 Å². The number of nitrogens with one attached hydrogen (secondary N) is 3. The summed E-state index contributed by atoms with van der Waals surface area (Å²) in [4.78, 5) is 24.0. The van der Waals surface area contributed by atoms with E-state index >= 15 is 0 Å². The van der Waals surface area contributed by atoms with Gasteiger partial charge in [0.05, 0.1) is 28.8 Å². The van der Waals surface area contributed by atoms with Crippen molar-refractivity contribution in [3.8, 4) is 11.3 Å². The number of H-pyrrole nitrogens is 1. The Morgan fingerprint density at radius 1 is 1.30 bits per heavy atom. The maximum Gasteiger partial charge on any atom is 0.260 e. The Hall–Kier alpha value is -3.82. The molecule has 0 radical (unpaired) electrons. The normalized spacial score (nSPS) is 17.1. The van der Waals surface area contributed by atoms with E-state index in [1.54, 1.807) is 53.7 Å². The van der Waals surface area contributed by atoms with Gasteiger partial charge in [-0.05, 0) is 24.3 Å². The van der Waals surface area contributed by atoms with Gasteiger partial charge in [-0.3, -0.25) is 9.48 Å². The minimum Gasteiger partial charge on any atom is -0.361 e. The molecule has 3 aromatic heterocycles. The predicted octanol–water partition coefficient (Wildman–Crippen LogP) is 3.70. The van der Waals surface area contributed by atoms with Crippen LogP contribution >= 0.6 is 0 Å². The number of benzene rings is 1. The largest absolute Gasteiger partial charge is 0.361 e. The molecule has 5 rings (SSSR count). The zero-order valence-corrected chi connectivity index (χ0v) is 15.9. The van der Waals surface area contributed by atoms with Crippen molar-refractivity contribution in [2.75, 3.05) is 10.6 Å². The first-order valence-electron chi connectivity index (χ1n) is 9.28. The topological polar surface area (TPSA) is 101 Å². The molecule has 3 heterocycles. The van der Waals surface area contributed by atoms with Gasteiger partial charge in [-0.2, -0.15) is 5.10 Å². The van der Waals surface area contributed by atoms with Crippen LogP contribution in [0.5, 0.6) is 0 Å². The van der Waals surface area contributed by atoms with Crippen LogP contribution in [0.25, 0.3) is 22.2 Å². The molecule has 152 valence electrons. The number of halogens is 2. The third-order valence-corrected chi connectivity index (χ3v) is 5.02. The van der Waals surface area contributed by atoms with E-state index in [0.29, 0.717) is 22.7 Å². The van der Waals surface area contributed by atoms with Crippen LogP contribution < -0.4 is 10.6 Å². The Morgan fingerprint density at radius 3 is 2.87 bits per heavy atom. The highest BCUT2D eigenvalue weighted by Crippen LogP contribution is 2.49. The second-order valence-electron chi connectivity index (χ2n) is 7.23. The Balaban J connectivity index is 1.45. The van der Waals surface area contributed by atoms with Crippen molar-refractivity contribution < 1.29 is 13.6 Å². The van der Waals surface area contributed by atoms with Crippen molar-refractivity contribution in [3.63, 3.8) is 0 Å². The number of carbonyl (C=O) groups is 1. The van der Waals surface area contributed by atoms with Gasteiger partial charge in [0.25, 0.3) is 5.92 Å². The zero-order chi connectivity index (χ0) is 20.9. The quantitative estimate of drug-likeness (QED) is 0.467. The van der Waals surface area contributed by atoms with E-state index in [-0.39, 0.29) is 0 Å². The lowest BCUT2D eigenvalue weighted by molar-refractivity contribution is -0.119. The first kappa shape index (κ1) is 18.2. The van der Waals surface area contributed by atoms with Gasteiger partial charge in [-0.1, -0.05) is 0 Å². The highest BCUT2D eigenvalue weighted by atomic mass is 19.3. The maximum atomic E-state index is 13.2. The smallest absolute Gasteiger partial charge is 0.260 e. The number of carbonyl (C=O) groups excluding carboxylic acids is 1. The first-order chi connectivity index (χ1) is 14.4. The summed E-state index contributed by atoms with van der Waals surface area (Å²) in [6, 6.07) is 7.04. The van der Waals surface area contributed by atoms with Gasteiger partial charge in [-0.15, -0.1) is 0 Å². The van der Waals surface area contributed by atoms with E-state index in [1.807, 2.05) is 7.05 Å². The van der Waals surface area contributed by atoms with Gasteiger partial charge in [0.2, 0.25) is 11.9 Å². The number of rotatable bonds is 5. The average Bonchev–Trinajstić information content (AvgIpc) is 3.05. The average molecular weight is 409 g/mol. The zero-order valence-electron chi connectivity index (χ0n) is 15.9. The highest BCUT2D eigenvalue weighted by molar-refractivity contribution is 6.07. The molecule has 1 aromatic carbocycles. The molecule has 0 spiro atoms. The lowest BCUT2D eigenvalue weighted by atomic mass is 10.1. The summed E-state index contributed by atoms with van der Waals surface area (Å²) < 4.78 is 28.0.